The summed E-state index contributed by atoms with van der Waals surface area (Å²) in [6, 6.07) is 10.6. The molecule has 12 nitrogen and oxygen atoms in total. The van der Waals surface area contributed by atoms with Crippen molar-refractivity contribution in [3.05, 3.63) is 63.7 Å². The molecule has 1 heterocycles. The van der Waals surface area contributed by atoms with Crippen molar-refractivity contribution in [2.75, 3.05) is 25.6 Å². The zero-order chi connectivity index (χ0) is 24.8. The van der Waals surface area contributed by atoms with Gasteiger partial charge in [-0.05, 0) is 25.1 Å². The van der Waals surface area contributed by atoms with E-state index < -0.39 is 41.1 Å². The second-order valence-electron chi connectivity index (χ2n) is 7.46. The number of carbonyl (C=O) groups is 4. The maximum Gasteiger partial charge on any atom is 0.311 e. The number of benzene rings is 2. The van der Waals surface area contributed by atoms with E-state index in [4.69, 9.17) is 9.47 Å². The number of ether oxygens (including phenoxy) is 2. The van der Waals surface area contributed by atoms with Crippen molar-refractivity contribution < 1.29 is 33.6 Å². The summed E-state index contributed by atoms with van der Waals surface area (Å²) in [5, 5.41) is 14.5. The van der Waals surface area contributed by atoms with E-state index in [1.807, 2.05) is 0 Å². The van der Waals surface area contributed by atoms with Crippen molar-refractivity contribution in [1.82, 2.24) is 10.4 Å². The molecule has 0 bridgehead atoms. The Hall–Kier alpha value is -4.48. The second-order valence-corrected chi connectivity index (χ2v) is 7.46. The Morgan fingerprint density at radius 1 is 1.21 bits per heavy atom. The molecule has 1 saturated heterocycles. The summed E-state index contributed by atoms with van der Waals surface area (Å²) >= 11 is 0. The molecular weight excluding hydrogens is 448 g/mol. The molecule has 0 aliphatic carbocycles. The zero-order valence-corrected chi connectivity index (χ0v) is 18.4. The lowest BCUT2D eigenvalue weighted by molar-refractivity contribution is -0.385. The van der Waals surface area contributed by atoms with Crippen molar-refractivity contribution >= 4 is 35.1 Å². The summed E-state index contributed by atoms with van der Waals surface area (Å²) in [4.78, 5) is 59.6. The van der Waals surface area contributed by atoms with Gasteiger partial charge in [-0.3, -0.25) is 39.7 Å². The minimum absolute atomic E-state index is 0.121. The maximum absolute atomic E-state index is 12.5. The Kier molecular flexibility index (Phi) is 7.41. The second kappa shape index (κ2) is 10.4. The van der Waals surface area contributed by atoms with E-state index in [0.29, 0.717) is 11.3 Å². The number of nitro groups is 1. The van der Waals surface area contributed by atoms with Gasteiger partial charge in [-0.15, -0.1) is 0 Å². The van der Waals surface area contributed by atoms with E-state index in [1.54, 1.807) is 25.1 Å². The average molecular weight is 470 g/mol. The van der Waals surface area contributed by atoms with Crippen LogP contribution in [0.2, 0.25) is 0 Å². The van der Waals surface area contributed by atoms with Gasteiger partial charge in [0.25, 0.3) is 17.5 Å². The van der Waals surface area contributed by atoms with Crippen LogP contribution in [0.3, 0.4) is 0 Å². The highest BCUT2D eigenvalue weighted by Crippen LogP contribution is 2.23. The van der Waals surface area contributed by atoms with Crippen LogP contribution in [-0.2, 0) is 19.1 Å². The van der Waals surface area contributed by atoms with Gasteiger partial charge in [0.05, 0.1) is 30.1 Å². The summed E-state index contributed by atoms with van der Waals surface area (Å²) in [5.74, 6) is -3.09. The third-order valence-electron chi connectivity index (χ3n) is 5.08. The summed E-state index contributed by atoms with van der Waals surface area (Å²) in [6.45, 7) is 0.805. The molecule has 3 rings (SSSR count). The highest BCUT2D eigenvalue weighted by atomic mass is 16.6. The van der Waals surface area contributed by atoms with Gasteiger partial charge >= 0.3 is 5.97 Å². The summed E-state index contributed by atoms with van der Waals surface area (Å²) in [6.07, 6.45) is -0.198. The minimum Gasteiger partial charge on any atom is -0.496 e. The van der Waals surface area contributed by atoms with Gasteiger partial charge < -0.3 is 14.8 Å². The first-order chi connectivity index (χ1) is 16.2. The van der Waals surface area contributed by atoms with Crippen LogP contribution in [0, 0.1) is 23.0 Å². The van der Waals surface area contributed by atoms with Gasteiger partial charge in [0.2, 0.25) is 5.91 Å². The zero-order valence-electron chi connectivity index (χ0n) is 18.4. The normalized spacial score (nSPS) is 14.9. The van der Waals surface area contributed by atoms with Crippen molar-refractivity contribution in [3.63, 3.8) is 0 Å². The number of carbonyl (C=O) groups excluding carboxylic acids is 4. The Balaban J connectivity index is 1.52. The van der Waals surface area contributed by atoms with Crippen molar-refractivity contribution in [1.29, 1.82) is 0 Å². The lowest BCUT2D eigenvalue weighted by Gasteiger charge is -2.18. The summed E-state index contributed by atoms with van der Waals surface area (Å²) < 4.78 is 10.1. The number of nitrogens with one attached hydrogen (secondary N) is 2. The van der Waals surface area contributed by atoms with Crippen LogP contribution in [0.4, 0.5) is 11.4 Å². The van der Waals surface area contributed by atoms with Crippen molar-refractivity contribution in [2.24, 2.45) is 5.92 Å². The minimum atomic E-state index is -0.876. The highest BCUT2D eigenvalue weighted by Gasteiger charge is 2.37. The van der Waals surface area contributed by atoms with Crippen LogP contribution >= 0.6 is 0 Å². The fourth-order valence-electron chi connectivity index (χ4n) is 3.32. The number of para-hydroxylation sites is 1. The fourth-order valence-corrected chi connectivity index (χ4v) is 3.32. The molecule has 0 spiro atoms. The molecule has 1 aliphatic rings. The number of rotatable bonds is 8. The predicted octanol–water partition coefficient (Wildman–Crippen LogP) is 1.59. The van der Waals surface area contributed by atoms with E-state index in [2.05, 4.69) is 10.7 Å². The van der Waals surface area contributed by atoms with Gasteiger partial charge in [0.1, 0.15) is 5.75 Å². The number of anilines is 1. The standard InChI is InChI=1S/C22H22N4O8/c1-13-7-8-15(10-17(13)26(31)32)23-19(27)12-34-22(30)14-9-20(28)25(11-14)24-21(29)16-5-3-4-6-18(16)33-2/h3-8,10,14H,9,11-12H2,1-2H3,(H,23,27)(H,24,29)/t14-/m0/s1. The number of hydrogen-bond donors (Lipinski definition) is 2. The SMILES string of the molecule is COc1ccccc1C(=O)NN1C[C@@H](C(=O)OCC(=O)Nc2ccc(C)c([N+](=O)[O-])c2)CC1=O. The third-order valence-corrected chi connectivity index (χ3v) is 5.08. The predicted molar refractivity (Wildman–Crippen MR) is 118 cm³/mol. The van der Waals surface area contributed by atoms with Crippen LogP contribution in [-0.4, -0.2) is 53.9 Å². The molecule has 2 aromatic rings. The average Bonchev–Trinajstić information content (AvgIpc) is 3.18. The topological polar surface area (TPSA) is 157 Å². The van der Waals surface area contributed by atoms with Crippen molar-refractivity contribution in [3.8, 4) is 5.75 Å². The number of aryl methyl sites for hydroxylation is 1. The Bertz CT molecular complexity index is 1150. The molecule has 2 aromatic carbocycles. The van der Waals surface area contributed by atoms with Crippen LogP contribution in [0.1, 0.15) is 22.3 Å². The molecule has 34 heavy (non-hydrogen) atoms. The first-order valence-corrected chi connectivity index (χ1v) is 10.2. The van der Waals surface area contributed by atoms with Crippen molar-refractivity contribution in [2.45, 2.75) is 13.3 Å². The third kappa shape index (κ3) is 5.65. The van der Waals surface area contributed by atoms with E-state index in [1.165, 1.54) is 31.4 Å². The van der Waals surface area contributed by atoms with Gasteiger partial charge in [-0.25, -0.2) is 0 Å². The lowest BCUT2D eigenvalue weighted by Crippen LogP contribution is -2.43. The van der Waals surface area contributed by atoms with E-state index in [0.717, 1.165) is 5.01 Å². The maximum atomic E-state index is 12.5. The smallest absolute Gasteiger partial charge is 0.311 e. The number of esters is 1. The Morgan fingerprint density at radius 3 is 2.65 bits per heavy atom. The van der Waals surface area contributed by atoms with Gasteiger partial charge in [-0.2, -0.15) is 0 Å². The number of hydrazine groups is 1. The quantitative estimate of drug-likeness (QED) is 0.334. The van der Waals surface area contributed by atoms with E-state index in [-0.39, 0.29) is 29.9 Å². The van der Waals surface area contributed by atoms with Gasteiger partial charge in [0.15, 0.2) is 6.61 Å². The monoisotopic (exact) mass is 470 g/mol. The molecular formula is C22H22N4O8. The van der Waals surface area contributed by atoms with Gasteiger partial charge in [-0.1, -0.05) is 18.2 Å². The molecule has 1 atom stereocenters. The fraction of sp³-hybridized carbons (Fsp3) is 0.273. The van der Waals surface area contributed by atoms with E-state index in [9.17, 15) is 29.3 Å². The lowest BCUT2D eigenvalue weighted by atomic mass is 10.1. The molecule has 1 aliphatic heterocycles. The number of amides is 3. The number of nitro benzene ring substituents is 1. The number of methoxy groups -OCH3 is 1. The molecule has 12 heteroatoms. The molecule has 178 valence electrons. The van der Waals surface area contributed by atoms with Crippen LogP contribution in [0.25, 0.3) is 0 Å². The van der Waals surface area contributed by atoms with Crippen LogP contribution in [0.15, 0.2) is 42.5 Å². The molecule has 0 radical (unpaired) electrons. The largest absolute Gasteiger partial charge is 0.496 e. The molecule has 0 aromatic heterocycles. The van der Waals surface area contributed by atoms with Gasteiger partial charge in [0, 0.05) is 23.7 Å². The van der Waals surface area contributed by atoms with Crippen LogP contribution in [0.5, 0.6) is 5.75 Å². The first-order valence-electron chi connectivity index (χ1n) is 10.2. The van der Waals surface area contributed by atoms with E-state index >= 15 is 0 Å². The highest BCUT2D eigenvalue weighted by molar-refractivity contribution is 5.99. The number of hydrogen-bond acceptors (Lipinski definition) is 8. The number of nitrogens with zero attached hydrogens (tertiary/aromatic N) is 2. The molecule has 0 unspecified atom stereocenters. The Morgan fingerprint density at radius 2 is 1.94 bits per heavy atom. The molecule has 3 amide bonds. The molecule has 1 fully saturated rings. The summed E-state index contributed by atoms with van der Waals surface area (Å²) in [5.41, 5.74) is 3.12. The molecule has 0 saturated carbocycles. The molecule has 2 N–H and O–H groups in total. The first kappa shape index (κ1) is 24.2. The summed E-state index contributed by atoms with van der Waals surface area (Å²) in [7, 11) is 1.41. The van der Waals surface area contributed by atoms with Crippen LogP contribution < -0.4 is 15.5 Å². The Labute approximate surface area is 193 Å².